The first-order chi connectivity index (χ1) is 12.6. The van der Waals surface area contributed by atoms with Gasteiger partial charge >= 0.3 is 11.9 Å². The lowest BCUT2D eigenvalue weighted by molar-refractivity contribution is -0.159. The molecule has 2 N–H and O–H groups in total. The van der Waals surface area contributed by atoms with Crippen LogP contribution in [0.5, 0.6) is 0 Å². The molecule has 0 aromatic carbocycles. The molecule has 0 aromatic rings. The molecule has 2 aliphatic rings. The van der Waals surface area contributed by atoms with E-state index in [1.165, 1.54) is 13.3 Å². The fourth-order valence-electron chi connectivity index (χ4n) is 4.09. The molecule has 27 heavy (non-hydrogen) atoms. The summed E-state index contributed by atoms with van der Waals surface area (Å²) >= 11 is 0. The Bertz CT molecular complexity index is 507. The topological polar surface area (TPSA) is 87.9 Å². The Labute approximate surface area is 163 Å². The summed E-state index contributed by atoms with van der Waals surface area (Å²) in [7, 11) is 0. The van der Waals surface area contributed by atoms with Crippen LogP contribution in [0.25, 0.3) is 0 Å². The molecule has 6 nitrogen and oxygen atoms in total. The van der Waals surface area contributed by atoms with Crippen LogP contribution in [0.4, 0.5) is 0 Å². The minimum absolute atomic E-state index is 0.000550. The number of rotatable bonds is 6. The SMILES string of the molecule is C=C(N)C(=O)OC1CC(C)CC1CC.CC(=O)OCOC1CC(C)CC1C. The summed E-state index contributed by atoms with van der Waals surface area (Å²) < 4.78 is 15.5. The van der Waals surface area contributed by atoms with Crippen LogP contribution in [-0.4, -0.2) is 30.9 Å². The number of esters is 2. The summed E-state index contributed by atoms with van der Waals surface area (Å²) in [4.78, 5) is 21.7. The van der Waals surface area contributed by atoms with Crippen LogP contribution < -0.4 is 5.73 Å². The van der Waals surface area contributed by atoms with Gasteiger partial charge in [-0.2, -0.15) is 0 Å². The van der Waals surface area contributed by atoms with Crippen molar-refractivity contribution in [2.75, 3.05) is 6.79 Å². The van der Waals surface area contributed by atoms with E-state index in [2.05, 4.69) is 34.3 Å². The maximum absolute atomic E-state index is 11.2. The quantitative estimate of drug-likeness (QED) is 0.426. The van der Waals surface area contributed by atoms with Gasteiger partial charge in [0.25, 0.3) is 0 Å². The molecule has 0 aromatic heterocycles. The number of carbonyl (C=O) groups excluding carboxylic acids is 2. The number of nitrogens with two attached hydrogens (primary N) is 1. The van der Waals surface area contributed by atoms with Crippen LogP contribution in [0.2, 0.25) is 0 Å². The first-order valence-corrected chi connectivity index (χ1v) is 10.0. The Hall–Kier alpha value is -1.56. The second-order valence-electron chi connectivity index (χ2n) is 8.23. The molecule has 2 saturated carbocycles. The van der Waals surface area contributed by atoms with Gasteiger partial charge in [-0.1, -0.05) is 34.3 Å². The van der Waals surface area contributed by atoms with E-state index < -0.39 is 5.97 Å². The molecule has 0 saturated heterocycles. The molecule has 2 aliphatic carbocycles. The van der Waals surface area contributed by atoms with Crippen molar-refractivity contribution in [1.29, 1.82) is 0 Å². The molecular formula is C21H37NO5. The van der Waals surface area contributed by atoms with Crippen LogP contribution in [0.3, 0.4) is 0 Å². The summed E-state index contributed by atoms with van der Waals surface area (Å²) in [5, 5.41) is 0. The van der Waals surface area contributed by atoms with Crippen molar-refractivity contribution >= 4 is 11.9 Å². The van der Waals surface area contributed by atoms with Gasteiger partial charge in [0.05, 0.1) is 6.10 Å². The van der Waals surface area contributed by atoms with Gasteiger partial charge in [-0.25, -0.2) is 4.79 Å². The van der Waals surface area contributed by atoms with E-state index in [0.717, 1.165) is 31.6 Å². The number of carbonyl (C=O) groups is 2. The molecule has 6 atom stereocenters. The van der Waals surface area contributed by atoms with Gasteiger partial charge in [0.15, 0.2) is 6.79 Å². The Kier molecular flexibility index (Phi) is 9.84. The first-order valence-electron chi connectivity index (χ1n) is 10.0. The molecule has 0 aliphatic heterocycles. The van der Waals surface area contributed by atoms with Crippen LogP contribution in [0, 0.1) is 23.7 Å². The number of hydrogen-bond donors (Lipinski definition) is 1. The summed E-state index contributed by atoms with van der Waals surface area (Å²) in [6.07, 6.45) is 5.77. The van der Waals surface area contributed by atoms with E-state index >= 15 is 0 Å². The molecule has 0 bridgehead atoms. The van der Waals surface area contributed by atoms with Crippen molar-refractivity contribution in [3.63, 3.8) is 0 Å². The van der Waals surface area contributed by atoms with E-state index in [-0.39, 0.29) is 30.7 Å². The van der Waals surface area contributed by atoms with Crippen LogP contribution >= 0.6 is 0 Å². The van der Waals surface area contributed by atoms with Gasteiger partial charge in [0, 0.05) is 6.92 Å². The summed E-state index contributed by atoms with van der Waals surface area (Å²) in [5.74, 6) is 1.72. The Morgan fingerprint density at radius 1 is 1.04 bits per heavy atom. The van der Waals surface area contributed by atoms with Crippen LogP contribution in [0.15, 0.2) is 12.3 Å². The fourth-order valence-corrected chi connectivity index (χ4v) is 4.09. The number of hydrogen-bond acceptors (Lipinski definition) is 6. The van der Waals surface area contributed by atoms with E-state index in [1.807, 2.05) is 0 Å². The third-order valence-electron chi connectivity index (χ3n) is 5.50. The summed E-state index contributed by atoms with van der Waals surface area (Å²) in [6.45, 7) is 13.6. The Balaban J connectivity index is 0.000000271. The van der Waals surface area contributed by atoms with Crippen LogP contribution in [-0.2, 0) is 23.8 Å². The molecular weight excluding hydrogens is 346 g/mol. The van der Waals surface area contributed by atoms with E-state index in [4.69, 9.17) is 19.9 Å². The number of ether oxygens (including phenoxy) is 3. The Morgan fingerprint density at radius 2 is 1.63 bits per heavy atom. The Morgan fingerprint density at radius 3 is 2.11 bits per heavy atom. The van der Waals surface area contributed by atoms with Gasteiger partial charge in [-0.15, -0.1) is 0 Å². The summed E-state index contributed by atoms with van der Waals surface area (Å²) in [6, 6.07) is 0. The zero-order chi connectivity index (χ0) is 20.6. The van der Waals surface area contributed by atoms with Gasteiger partial charge in [-0.3, -0.25) is 4.79 Å². The third-order valence-corrected chi connectivity index (χ3v) is 5.50. The third kappa shape index (κ3) is 8.33. The highest BCUT2D eigenvalue weighted by Crippen LogP contribution is 2.35. The monoisotopic (exact) mass is 383 g/mol. The lowest BCUT2D eigenvalue weighted by atomic mass is 10.0. The van der Waals surface area contributed by atoms with Crippen molar-refractivity contribution in [2.45, 2.75) is 78.9 Å². The van der Waals surface area contributed by atoms with Gasteiger partial charge in [-0.05, 0) is 55.8 Å². The van der Waals surface area contributed by atoms with Gasteiger partial charge in [0.2, 0.25) is 0 Å². The minimum atomic E-state index is -0.456. The van der Waals surface area contributed by atoms with Crippen LogP contribution in [0.1, 0.15) is 66.7 Å². The molecule has 2 fully saturated rings. The standard InChI is InChI=1S/C11H19NO2.C10H18O3/c1-4-9-5-7(2)6-10(9)14-11(13)8(3)12;1-7-4-8(2)10(5-7)13-6-12-9(3)11/h7,9-10H,3-6,12H2,1-2H3;7-8,10H,4-6H2,1-3H3. The molecule has 0 heterocycles. The van der Waals surface area contributed by atoms with Gasteiger partial charge < -0.3 is 19.9 Å². The maximum atomic E-state index is 11.2. The lowest BCUT2D eigenvalue weighted by Gasteiger charge is -2.18. The fraction of sp³-hybridized carbons (Fsp3) is 0.810. The zero-order valence-electron chi connectivity index (χ0n) is 17.5. The normalized spacial score (nSPS) is 32.3. The second-order valence-corrected chi connectivity index (χ2v) is 8.23. The predicted molar refractivity (Wildman–Crippen MR) is 104 cm³/mol. The largest absolute Gasteiger partial charge is 0.457 e. The van der Waals surface area contributed by atoms with E-state index in [9.17, 15) is 9.59 Å². The summed E-state index contributed by atoms with van der Waals surface area (Å²) in [5.41, 5.74) is 5.27. The van der Waals surface area contributed by atoms with Crippen molar-refractivity contribution < 1.29 is 23.8 Å². The predicted octanol–water partition coefficient (Wildman–Crippen LogP) is 3.78. The molecule has 0 radical (unpaired) electrons. The molecule has 156 valence electrons. The first kappa shape index (κ1) is 23.5. The van der Waals surface area contributed by atoms with Crippen molar-refractivity contribution in [1.82, 2.24) is 0 Å². The van der Waals surface area contributed by atoms with Gasteiger partial charge in [0.1, 0.15) is 11.8 Å². The molecule has 6 heteroatoms. The van der Waals surface area contributed by atoms with E-state index in [0.29, 0.717) is 17.8 Å². The molecule has 0 amide bonds. The smallest absolute Gasteiger partial charge is 0.353 e. The average molecular weight is 384 g/mol. The maximum Gasteiger partial charge on any atom is 0.353 e. The highest BCUT2D eigenvalue weighted by Gasteiger charge is 2.33. The lowest BCUT2D eigenvalue weighted by Crippen LogP contribution is -2.24. The highest BCUT2D eigenvalue weighted by atomic mass is 16.7. The van der Waals surface area contributed by atoms with E-state index in [1.54, 1.807) is 0 Å². The van der Waals surface area contributed by atoms with Crippen molar-refractivity contribution in [3.8, 4) is 0 Å². The highest BCUT2D eigenvalue weighted by molar-refractivity contribution is 5.86. The molecule has 2 rings (SSSR count). The minimum Gasteiger partial charge on any atom is -0.457 e. The van der Waals surface area contributed by atoms with Crippen molar-refractivity contribution in [2.24, 2.45) is 29.4 Å². The molecule has 0 spiro atoms. The molecule has 6 unspecified atom stereocenters. The zero-order valence-corrected chi connectivity index (χ0v) is 17.5. The average Bonchev–Trinajstić information content (AvgIpc) is 3.08. The second kappa shape index (κ2) is 11.3. The van der Waals surface area contributed by atoms with Crippen molar-refractivity contribution in [3.05, 3.63) is 12.3 Å².